The summed E-state index contributed by atoms with van der Waals surface area (Å²) in [6.45, 7) is 6.30. The first kappa shape index (κ1) is 13.3. The second-order valence-electron chi connectivity index (χ2n) is 4.64. The maximum atomic E-state index is 13.9. The number of nitrogens with zero attached hydrogens (tertiary/aromatic N) is 1. The summed E-state index contributed by atoms with van der Waals surface area (Å²) in [5.74, 6) is 0.139. The van der Waals surface area contributed by atoms with Crippen LogP contribution in [0.4, 0.5) is 10.1 Å². The molecule has 90 valence electrons. The Hall–Kier alpha value is -0.760. The van der Waals surface area contributed by atoms with Gasteiger partial charge in [-0.3, -0.25) is 0 Å². The van der Waals surface area contributed by atoms with Crippen LogP contribution in [0.15, 0.2) is 18.2 Å². The van der Waals surface area contributed by atoms with Gasteiger partial charge in [-0.1, -0.05) is 13.0 Å². The minimum absolute atomic E-state index is 0.0523. The summed E-state index contributed by atoms with van der Waals surface area (Å²) in [7, 11) is 1.92. The summed E-state index contributed by atoms with van der Waals surface area (Å²) in [6, 6.07) is 5.17. The van der Waals surface area contributed by atoms with Crippen LogP contribution in [0, 0.1) is 5.82 Å². The predicted octanol–water partition coefficient (Wildman–Crippen LogP) is 4.19. The molecule has 0 atom stereocenters. The van der Waals surface area contributed by atoms with E-state index in [0.717, 1.165) is 12.0 Å². The van der Waals surface area contributed by atoms with Crippen molar-refractivity contribution in [3.8, 4) is 0 Å². The van der Waals surface area contributed by atoms with Crippen molar-refractivity contribution in [2.75, 3.05) is 11.9 Å². The molecule has 1 rings (SSSR count). The van der Waals surface area contributed by atoms with Gasteiger partial charge in [0.1, 0.15) is 5.82 Å². The Morgan fingerprint density at radius 1 is 1.38 bits per heavy atom. The minimum Gasteiger partial charge on any atom is -0.367 e. The Kier molecular flexibility index (Phi) is 4.20. The lowest BCUT2D eigenvalue weighted by Gasteiger charge is -2.37. The van der Waals surface area contributed by atoms with E-state index in [1.54, 1.807) is 6.07 Å². The van der Waals surface area contributed by atoms with Crippen LogP contribution in [-0.2, 0) is 5.88 Å². The second kappa shape index (κ2) is 5.05. The number of rotatable bonds is 4. The van der Waals surface area contributed by atoms with Crippen LogP contribution in [0.3, 0.4) is 0 Å². The molecule has 0 aromatic heterocycles. The van der Waals surface area contributed by atoms with Crippen molar-refractivity contribution in [2.24, 2.45) is 0 Å². The van der Waals surface area contributed by atoms with Gasteiger partial charge in [-0.25, -0.2) is 4.39 Å². The number of hydrogen-bond acceptors (Lipinski definition) is 1. The average Bonchev–Trinajstić information content (AvgIpc) is 2.28. The van der Waals surface area contributed by atoms with Gasteiger partial charge in [0.25, 0.3) is 0 Å². The van der Waals surface area contributed by atoms with E-state index in [4.69, 9.17) is 11.6 Å². The van der Waals surface area contributed by atoms with Crippen molar-refractivity contribution in [3.63, 3.8) is 0 Å². The molecule has 3 heteroatoms. The number of benzene rings is 1. The zero-order valence-electron chi connectivity index (χ0n) is 10.3. The third-order valence-electron chi connectivity index (χ3n) is 3.30. The van der Waals surface area contributed by atoms with E-state index in [0.29, 0.717) is 11.6 Å². The third kappa shape index (κ3) is 2.67. The van der Waals surface area contributed by atoms with Crippen LogP contribution in [-0.4, -0.2) is 12.6 Å². The van der Waals surface area contributed by atoms with E-state index < -0.39 is 0 Å². The van der Waals surface area contributed by atoms with Crippen LogP contribution >= 0.6 is 11.6 Å². The van der Waals surface area contributed by atoms with Crippen molar-refractivity contribution in [1.29, 1.82) is 0 Å². The standard InChI is InChI=1S/C13H19ClFN/c1-5-13(2,3)16(4)12-7-6-10(9-14)8-11(12)15/h6-8H,5,9H2,1-4H3. The molecule has 0 aliphatic heterocycles. The van der Waals surface area contributed by atoms with Gasteiger partial charge in [-0.15, -0.1) is 11.6 Å². The monoisotopic (exact) mass is 243 g/mol. The fourth-order valence-corrected chi connectivity index (χ4v) is 1.64. The summed E-state index contributed by atoms with van der Waals surface area (Å²) in [5.41, 5.74) is 1.38. The maximum absolute atomic E-state index is 13.9. The first-order chi connectivity index (χ1) is 7.42. The molecule has 16 heavy (non-hydrogen) atoms. The average molecular weight is 244 g/mol. The highest BCUT2D eigenvalue weighted by Crippen LogP contribution is 2.28. The summed E-state index contributed by atoms with van der Waals surface area (Å²) in [6.07, 6.45) is 0.959. The lowest BCUT2D eigenvalue weighted by atomic mass is 9.99. The minimum atomic E-state index is -0.206. The molecule has 0 bridgehead atoms. The molecule has 0 aliphatic carbocycles. The molecule has 1 aromatic rings. The molecule has 0 saturated carbocycles. The van der Waals surface area contributed by atoms with Crippen LogP contribution in [0.5, 0.6) is 0 Å². The quantitative estimate of drug-likeness (QED) is 0.717. The van der Waals surface area contributed by atoms with Crippen molar-refractivity contribution in [3.05, 3.63) is 29.6 Å². The molecule has 1 nitrogen and oxygen atoms in total. The second-order valence-corrected chi connectivity index (χ2v) is 4.91. The van der Waals surface area contributed by atoms with Crippen LogP contribution in [0.1, 0.15) is 32.8 Å². The number of alkyl halides is 1. The lowest BCUT2D eigenvalue weighted by Crippen LogP contribution is -2.41. The molecule has 0 amide bonds. The molecule has 0 heterocycles. The lowest BCUT2D eigenvalue weighted by molar-refractivity contribution is 0.462. The van der Waals surface area contributed by atoms with E-state index in [1.165, 1.54) is 6.07 Å². The van der Waals surface area contributed by atoms with Crippen molar-refractivity contribution in [2.45, 2.75) is 38.6 Å². The number of halogens is 2. The van der Waals surface area contributed by atoms with Crippen molar-refractivity contribution < 1.29 is 4.39 Å². The molecule has 0 saturated heterocycles. The Labute approximate surface area is 102 Å². The Morgan fingerprint density at radius 3 is 2.44 bits per heavy atom. The zero-order valence-corrected chi connectivity index (χ0v) is 11.1. The summed E-state index contributed by atoms with van der Waals surface area (Å²) < 4.78 is 13.9. The SMILES string of the molecule is CCC(C)(C)N(C)c1ccc(CCl)cc1F. The van der Waals surface area contributed by atoms with Crippen molar-refractivity contribution in [1.82, 2.24) is 0 Å². The van der Waals surface area contributed by atoms with Gasteiger partial charge in [0.05, 0.1) is 5.69 Å². The summed E-state index contributed by atoms with van der Waals surface area (Å²) in [4.78, 5) is 1.97. The van der Waals surface area contributed by atoms with Crippen molar-refractivity contribution >= 4 is 17.3 Å². The Morgan fingerprint density at radius 2 is 2.00 bits per heavy atom. The fraction of sp³-hybridized carbons (Fsp3) is 0.538. The third-order valence-corrected chi connectivity index (χ3v) is 3.61. The van der Waals surface area contributed by atoms with Gasteiger partial charge in [-0.2, -0.15) is 0 Å². The molecule has 0 unspecified atom stereocenters. The van der Waals surface area contributed by atoms with Crippen LogP contribution < -0.4 is 4.90 Å². The molecule has 1 aromatic carbocycles. The molecular formula is C13H19ClFN. The first-order valence-corrected chi connectivity index (χ1v) is 6.04. The highest BCUT2D eigenvalue weighted by atomic mass is 35.5. The van der Waals surface area contributed by atoms with Gasteiger partial charge in [-0.05, 0) is 38.0 Å². The van der Waals surface area contributed by atoms with Gasteiger partial charge in [0.2, 0.25) is 0 Å². The topological polar surface area (TPSA) is 3.24 Å². The smallest absolute Gasteiger partial charge is 0.146 e. The number of anilines is 1. The van der Waals surface area contributed by atoms with E-state index in [-0.39, 0.29) is 11.4 Å². The van der Waals surface area contributed by atoms with Crippen LogP contribution in [0.25, 0.3) is 0 Å². The van der Waals surface area contributed by atoms with Crippen LogP contribution in [0.2, 0.25) is 0 Å². The largest absolute Gasteiger partial charge is 0.367 e. The highest BCUT2D eigenvalue weighted by Gasteiger charge is 2.23. The molecule has 0 radical (unpaired) electrons. The number of hydrogen-bond donors (Lipinski definition) is 0. The van der Waals surface area contributed by atoms with E-state index in [9.17, 15) is 4.39 Å². The molecule has 0 aliphatic rings. The van der Waals surface area contributed by atoms with E-state index >= 15 is 0 Å². The molecular weight excluding hydrogens is 225 g/mol. The molecule has 0 fully saturated rings. The van der Waals surface area contributed by atoms with E-state index in [1.807, 2.05) is 18.0 Å². The van der Waals surface area contributed by atoms with Gasteiger partial charge in [0.15, 0.2) is 0 Å². The highest BCUT2D eigenvalue weighted by molar-refractivity contribution is 6.17. The Bertz CT molecular complexity index is 363. The maximum Gasteiger partial charge on any atom is 0.146 e. The Balaban J connectivity index is 3.05. The molecule has 0 spiro atoms. The fourth-order valence-electron chi connectivity index (χ4n) is 1.47. The summed E-state index contributed by atoms with van der Waals surface area (Å²) in [5, 5.41) is 0. The van der Waals surface area contributed by atoms with Gasteiger partial charge >= 0.3 is 0 Å². The zero-order chi connectivity index (χ0) is 12.3. The first-order valence-electron chi connectivity index (χ1n) is 5.50. The summed E-state index contributed by atoms with van der Waals surface area (Å²) >= 11 is 5.67. The van der Waals surface area contributed by atoms with E-state index in [2.05, 4.69) is 20.8 Å². The normalized spacial score (nSPS) is 11.6. The van der Waals surface area contributed by atoms with Gasteiger partial charge < -0.3 is 4.90 Å². The van der Waals surface area contributed by atoms with Gasteiger partial charge in [0, 0.05) is 18.5 Å². The molecule has 0 N–H and O–H groups in total. The predicted molar refractivity (Wildman–Crippen MR) is 68.7 cm³/mol.